The molecule has 0 amide bonds. The molecule has 14 heavy (non-hydrogen) atoms. The van der Waals surface area contributed by atoms with Crippen LogP contribution in [0.2, 0.25) is 0 Å². The van der Waals surface area contributed by atoms with Crippen LogP contribution in [0.15, 0.2) is 23.1 Å². The van der Waals surface area contributed by atoms with E-state index in [1.165, 1.54) is 11.3 Å². The van der Waals surface area contributed by atoms with E-state index in [2.05, 4.69) is 0 Å². The Morgan fingerprint density at radius 1 is 1.50 bits per heavy atom. The van der Waals surface area contributed by atoms with Crippen LogP contribution in [0.25, 0.3) is 10.1 Å². The van der Waals surface area contributed by atoms with Crippen molar-refractivity contribution in [3.8, 4) is 11.1 Å². The van der Waals surface area contributed by atoms with Crippen LogP contribution >= 0.6 is 23.1 Å². The fourth-order valence-electron chi connectivity index (χ4n) is 1.30. The molecule has 1 N–H and O–H groups in total. The Bertz CT molecular complexity index is 525. The molecule has 2 aromatic rings. The maximum absolute atomic E-state index is 9.49. The Balaban J connectivity index is 2.76. The molecule has 2 nitrogen and oxygen atoms in total. The minimum absolute atomic E-state index is 0.112. The molecule has 2 rings (SSSR count). The number of benzene rings is 1. The summed E-state index contributed by atoms with van der Waals surface area (Å²) >= 11 is 2.90. The van der Waals surface area contributed by atoms with E-state index in [0.29, 0.717) is 5.56 Å². The van der Waals surface area contributed by atoms with Crippen molar-refractivity contribution in [3.63, 3.8) is 0 Å². The van der Waals surface area contributed by atoms with Gasteiger partial charge in [-0.05, 0) is 18.4 Å². The zero-order chi connectivity index (χ0) is 10.1. The summed E-state index contributed by atoms with van der Waals surface area (Å²) in [4.78, 5) is 1.14. The molecule has 0 atom stereocenters. The van der Waals surface area contributed by atoms with E-state index in [1.807, 2.05) is 30.5 Å². The average molecular weight is 221 g/mol. The Morgan fingerprint density at radius 2 is 2.29 bits per heavy atom. The summed E-state index contributed by atoms with van der Waals surface area (Å²) in [5.41, 5.74) is 0.387. The highest BCUT2D eigenvalue weighted by molar-refractivity contribution is 7.98. The standard InChI is InChI=1S/C10H7NOS2/c1-13-6-2-3-7-8(5-11)10(12)14-9(7)4-6/h2-4,12H,1H3. The first kappa shape index (κ1) is 9.38. The number of hydrogen-bond donors (Lipinski definition) is 1. The van der Waals surface area contributed by atoms with Gasteiger partial charge in [0.15, 0.2) is 5.06 Å². The first-order valence-electron chi connectivity index (χ1n) is 3.96. The van der Waals surface area contributed by atoms with E-state index < -0.39 is 0 Å². The van der Waals surface area contributed by atoms with Crippen LogP contribution < -0.4 is 0 Å². The predicted octanol–water partition coefficient (Wildman–Crippen LogP) is 3.20. The van der Waals surface area contributed by atoms with Gasteiger partial charge < -0.3 is 5.11 Å². The summed E-state index contributed by atoms with van der Waals surface area (Å²) in [6, 6.07) is 7.84. The number of hydrogen-bond acceptors (Lipinski definition) is 4. The van der Waals surface area contributed by atoms with E-state index in [1.54, 1.807) is 11.8 Å². The zero-order valence-electron chi connectivity index (χ0n) is 7.44. The highest BCUT2D eigenvalue weighted by Gasteiger charge is 2.10. The van der Waals surface area contributed by atoms with Crippen molar-refractivity contribution >= 4 is 33.2 Å². The molecular weight excluding hydrogens is 214 g/mol. The van der Waals surface area contributed by atoms with Gasteiger partial charge in [0, 0.05) is 15.0 Å². The van der Waals surface area contributed by atoms with Crippen molar-refractivity contribution in [2.45, 2.75) is 4.90 Å². The van der Waals surface area contributed by atoms with Crippen molar-refractivity contribution in [2.24, 2.45) is 0 Å². The van der Waals surface area contributed by atoms with E-state index in [9.17, 15) is 5.11 Å². The summed E-state index contributed by atoms with van der Waals surface area (Å²) in [5, 5.41) is 19.3. The number of thioether (sulfide) groups is 1. The van der Waals surface area contributed by atoms with Gasteiger partial charge in [-0.2, -0.15) is 5.26 Å². The third-order valence-corrected chi connectivity index (χ3v) is 3.67. The van der Waals surface area contributed by atoms with Crippen LogP contribution in [0.4, 0.5) is 0 Å². The Labute approximate surface area is 89.8 Å². The van der Waals surface area contributed by atoms with E-state index in [-0.39, 0.29) is 5.06 Å². The van der Waals surface area contributed by atoms with Gasteiger partial charge in [0.05, 0.1) is 0 Å². The summed E-state index contributed by atoms with van der Waals surface area (Å²) in [7, 11) is 0. The summed E-state index contributed by atoms with van der Waals surface area (Å²) in [6.45, 7) is 0. The molecule has 0 bridgehead atoms. The maximum Gasteiger partial charge on any atom is 0.190 e. The first-order valence-corrected chi connectivity index (χ1v) is 6.00. The van der Waals surface area contributed by atoms with Crippen LogP contribution in [0.1, 0.15) is 5.56 Å². The number of nitrogens with zero attached hydrogens (tertiary/aromatic N) is 1. The molecule has 0 spiro atoms. The van der Waals surface area contributed by atoms with Crippen molar-refractivity contribution in [3.05, 3.63) is 23.8 Å². The summed E-state index contributed by atoms with van der Waals surface area (Å²) < 4.78 is 0.964. The van der Waals surface area contributed by atoms with Gasteiger partial charge in [0.2, 0.25) is 0 Å². The molecule has 0 radical (unpaired) electrons. The molecule has 0 saturated carbocycles. The molecule has 0 aliphatic heterocycles. The number of fused-ring (bicyclic) bond motifs is 1. The molecule has 1 aromatic heterocycles. The van der Waals surface area contributed by atoms with Crippen LogP contribution in [-0.2, 0) is 0 Å². The second-order valence-corrected chi connectivity index (χ2v) is 4.67. The molecule has 0 aliphatic rings. The second kappa shape index (κ2) is 3.52. The molecule has 0 saturated heterocycles. The van der Waals surface area contributed by atoms with Gasteiger partial charge in [-0.15, -0.1) is 11.8 Å². The number of rotatable bonds is 1. The molecule has 0 unspecified atom stereocenters. The lowest BCUT2D eigenvalue weighted by molar-refractivity contribution is 0.490. The third-order valence-electron chi connectivity index (χ3n) is 1.99. The van der Waals surface area contributed by atoms with Gasteiger partial charge in [-0.3, -0.25) is 0 Å². The predicted molar refractivity (Wildman–Crippen MR) is 60.0 cm³/mol. The molecule has 1 aromatic carbocycles. The molecule has 4 heteroatoms. The normalized spacial score (nSPS) is 10.3. The highest BCUT2D eigenvalue weighted by Crippen LogP contribution is 2.37. The average Bonchev–Trinajstić information content (AvgIpc) is 2.51. The Kier molecular flexibility index (Phi) is 2.36. The number of aromatic hydroxyl groups is 1. The fraction of sp³-hybridized carbons (Fsp3) is 0.100. The summed E-state index contributed by atoms with van der Waals surface area (Å²) in [6.07, 6.45) is 2.00. The molecular formula is C10H7NOS2. The largest absolute Gasteiger partial charge is 0.499 e. The molecule has 1 heterocycles. The minimum Gasteiger partial charge on any atom is -0.499 e. The van der Waals surface area contributed by atoms with Gasteiger partial charge in [0.25, 0.3) is 0 Å². The van der Waals surface area contributed by atoms with Gasteiger partial charge >= 0.3 is 0 Å². The number of thiophene rings is 1. The van der Waals surface area contributed by atoms with E-state index in [0.717, 1.165) is 15.0 Å². The van der Waals surface area contributed by atoms with Crippen LogP contribution in [-0.4, -0.2) is 11.4 Å². The van der Waals surface area contributed by atoms with Crippen LogP contribution in [0.5, 0.6) is 5.06 Å². The van der Waals surface area contributed by atoms with Crippen molar-refractivity contribution in [1.29, 1.82) is 5.26 Å². The van der Waals surface area contributed by atoms with Gasteiger partial charge in [-0.25, -0.2) is 0 Å². The zero-order valence-corrected chi connectivity index (χ0v) is 9.08. The third kappa shape index (κ3) is 1.35. The molecule has 0 fully saturated rings. The minimum atomic E-state index is 0.112. The lowest BCUT2D eigenvalue weighted by Crippen LogP contribution is -1.72. The Hall–Kier alpha value is -1.18. The fourth-order valence-corrected chi connectivity index (χ4v) is 2.75. The molecule has 70 valence electrons. The SMILES string of the molecule is CSc1ccc2c(C#N)c(O)sc2c1. The summed E-state index contributed by atoms with van der Waals surface area (Å²) in [5.74, 6) is 0. The van der Waals surface area contributed by atoms with Crippen LogP contribution in [0, 0.1) is 11.3 Å². The highest BCUT2D eigenvalue weighted by atomic mass is 32.2. The van der Waals surface area contributed by atoms with Gasteiger partial charge in [-0.1, -0.05) is 17.4 Å². The lowest BCUT2D eigenvalue weighted by Gasteiger charge is -1.94. The lowest BCUT2D eigenvalue weighted by atomic mass is 10.2. The van der Waals surface area contributed by atoms with Crippen molar-refractivity contribution in [1.82, 2.24) is 0 Å². The van der Waals surface area contributed by atoms with E-state index in [4.69, 9.17) is 5.26 Å². The Morgan fingerprint density at radius 3 is 2.93 bits per heavy atom. The second-order valence-electron chi connectivity index (χ2n) is 2.76. The number of nitriles is 1. The quantitative estimate of drug-likeness (QED) is 0.752. The smallest absolute Gasteiger partial charge is 0.190 e. The van der Waals surface area contributed by atoms with Crippen LogP contribution in [0.3, 0.4) is 0 Å². The topological polar surface area (TPSA) is 44.0 Å². The first-order chi connectivity index (χ1) is 6.76. The van der Waals surface area contributed by atoms with Crippen molar-refractivity contribution < 1.29 is 5.11 Å². The maximum atomic E-state index is 9.49. The van der Waals surface area contributed by atoms with Gasteiger partial charge in [0.1, 0.15) is 11.6 Å². The monoisotopic (exact) mass is 221 g/mol. The molecule has 0 aliphatic carbocycles. The van der Waals surface area contributed by atoms with E-state index >= 15 is 0 Å². The van der Waals surface area contributed by atoms with Crippen molar-refractivity contribution in [2.75, 3.05) is 6.26 Å².